The minimum Gasteiger partial charge on any atom is -0.493 e. The van der Waals surface area contributed by atoms with E-state index in [-0.39, 0.29) is 5.82 Å². The molecule has 7 heteroatoms. The van der Waals surface area contributed by atoms with Crippen LogP contribution in [-0.2, 0) is 6.54 Å². The molecule has 0 heterocycles. The van der Waals surface area contributed by atoms with Crippen molar-refractivity contribution in [1.29, 1.82) is 0 Å². The van der Waals surface area contributed by atoms with Crippen molar-refractivity contribution in [3.8, 4) is 11.5 Å². The van der Waals surface area contributed by atoms with Crippen molar-refractivity contribution in [3.63, 3.8) is 0 Å². The molecule has 0 amide bonds. The Morgan fingerprint density at radius 2 is 1.88 bits per heavy atom. The lowest BCUT2D eigenvalue weighted by molar-refractivity contribution is 0.355. The number of methoxy groups -OCH3 is 2. The maximum atomic E-state index is 13.3. The van der Waals surface area contributed by atoms with Crippen LogP contribution in [0.25, 0.3) is 0 Å². The highest BCUT2D eigenvalue weighted by Gasteiger charge is 2.07. The van der Waals surface area contributed by atoms with Crippen molar-refractivity contribution in [2.45, 2.75) is 6.54 Å². The number of anilines is 1. The Labute approximate surface area is 149 Å². The van der Waals surface area contributed by atoms with E-state index in [1.807, 2.05) is 12.1 Å². The minimum atomic E-state index is -0.280. The topological polar surface area (TPSA) is 54.9 Å². The summed E-state index contributed by atoms with van der Waals surface area (Å²) in [4.78, 5) is 4.16. The monoisotopic (exact) mass is 395 g/mol. The first-order valence-electron chi connectivity index (χ1n) is 7.21. The fourth-order valence-electron chi connectivity index (χ4n) is 2.09. The summed E-state index contributed by atoms with van der Waals surface area (Å²) in [5, 5.41) is 6.29. The van der Waals surface area contributed by atoms with Crippen LogP contribution in [0.15, 0.2) is 45.9 Å². The van der Waals surface area contributed by atoms with Crippen molar-refractivity contribution >= 4 is 27.6 Å². The van der Waals surface area contributed by atoms with Crippen LogP contribution < -0.4 is 20.1 Å². The summed E-state index contributed by atoms with van der Waals surface area (Å²) < 4.78 is 24.7. The molecule has 0 radical (unpaired) electrons. The van der Waals surface area contributed by atoms with Gasteiger partial charge in [-0.3, -0.25) is 4.99 Å². The fourth-order valence-corrected chi connectivity index (χ4v) is 2.47. The van der Waals surface area contributed by atoms with E-state index in [4.69, 9.17) is 9.47 Å². The van der Waals surface area contributed by atoms with Gasteiger partial charge >= 0.3 is 0 Å². The van der Waals surface area contributed by atoms with E-state index in [0.717, 1.165) is 15.7 Å². The molecule has 128 valence electrons. The molecule has 2 aromatic rings. The summed E-state index contributed by atoms with van der Waals surface area (Å²) in [7, 11) is 4.83. The SMILES string of the molecule is CN=C(NCc1cc(F)ccc1Br)Nc1ccc(OC)c(OC)c1. The molecule has 0 aromatic heterocycles. The number of ether oxygens (including phenoxy) is 2. The molecule has 2 rings (SSSR count). The largest absolute Gasteiger partial charge is 0.493 e. The maximum absolute atomic E-state index is 13.3. The molecule has 2 N–H and O–H groups in total. The Bertz CT molecular complexity index is 738. The Morgan fingerprint density at radius 1 is 1.12 bits per heavy atom. The molecule has 2 aromatic carbocycles. The quantitative estimate of drug-likeness (QED) is 0.597. The van der Waals surface area contributed by atoms with Crippen molar-refractivity contribution in [1.82, 2.24) is 5.32 Å². The zero-order chi connectivity index (χ0) is 17.5. The molecule has 0 spiro atoms. The standard InChI is InChI=1S/C17H19BrFN3O2/c1-20-17(21-10-11-8-12(19)4-6-14(11)18)22-13-5-7-15(23-2)16(9-13)24-3/h4-9H,10H2,1-3H3,(H2,20,21,22). The van der Waals surface area contributed by atoms with Crippen LogP contribution in [-0.4, -0.2) is 27.2 Å². The van der Waals surface area contributed by atoms with Gasteiger partial charge in [0, 0.05) is 29.8 Å². The van der Waals surface area contributed by atoms with Crippen molar-refractivity contribution < 1.29 is 13.9 Å². The van der Waals surface area contributed by atoms with E-state index in [9.17, 15) is 4.39 Å². The number of hydrogen-bond donors (Lipinski definition) is 2. The number of rotatable bonds is 5. The van der Waals surface area contributed by atoms with Crippen molar-refractivity contribution in [2.24, 2.45) is 4.99 Å². The zero-order valence-corrected chi connectivity index (χ0v) is 15.3. The maximum Gasteiger partial charge on any atom is 0.195 e. The van der Waals surface area contributed by atoms with Gasteiger partial charge in [0.15, 0.2) is 17.5 Å². The van der Waals surface area contributed by atoms with Crippen LogP contribution in [0.2, 0.25) is 0 Å². The summed E-state index contributed by atoms with van der Waals surface area (Å²) in [5.41, 5.74) is 1.59. The van der Waals surface area contributed by atoms with Crippen molar-refractivity contribution in [3.05, 3.63) is 52.3 Å². The number of hydrogen-bond acceptors (Lipinski definition) is 3. The van der Waals surface area contributed by atoms with Gasteiger partial charge in [0.25, 0.3) is 0 Å². The highest BCUT2D eigenvalue weighted by molar-refractivity contribution is 9.10. The van der Waals surface area contributed by atoms with E-state index in [1.54, 1.807) is 33.4 Å². The summed E-state index contributed by atoms with van der Waals surface area (Å²) in [5.74, 6) is 1.54. The average molecular weight is 396 g/mol. The smallest absolute Gasteiger partial charge is 0.195 e. The molecule has 0 aliphatic carbocycles. The second-order valence-corrected chi connectivity index (χ2v) is 5.71. The van der Waals surface area contributed by atoms with Crippen LogP contribution >= 0.6 is 15.9 Å². The van der Waals surface area contributed by atoms with E-state index < -0.39 is 0 Å². The van der Waals surface area contributed by atoms with Crippen LogP contribution in [0.3, 0.4) is 0 Å². The third-order valence-electron chi connectivity index (χ3n) is 3.32. The van der Waals surface area contributed by atoms with Gasteiger partial charge in [0.2, 0.25) is 0 Å². The molecule has 0 saturated heterocycles. The predicted octanol–water partition coefficient (Wildman–Crippen LogP) is 3.79. The van der Waals surface area contributed by atoms with Gasteiger partial charge in [-0.25, -0.2) is 4.39 Å². The number of nitrogens with zero attached hydrogens (tertiary/aromatic N) is 1. The number of nitrogens with one attached hydrogen (secondary N) is 2. The summed E-state index contributed by atoms with van der Waals surface area (Å²) in [6.45, 7) is 0.422. The van der Waals surface area contributed by atoms with Crippen LogP contribution in [0, 0.1) is 5.82 Å². The lowest BCUT2D eigenvalue weighted by atomic mass is 10.2. The van der Waals surface area contributed by atoms with Crippen molar-refractivity contribution in [2.75, 3.05) is 26.6 Å². The first-order chi connectivity index (χ1) is 11.6. The second kappa shape index (κ2) is 8.54. The fraction of sp³-hybridized carbons (Fsp3) is 0.235. The summed E-state index contributed by atoms with van der Waals surface area (Å²) in [6, 6.07) is 10.0. The summed E-state index contributed by atoms with van der Waals surface area (Å²) in [6.07, 6.45) is 0. The molecule has 24 heavy (non-hydrogen) atoms. The molecule has 5 nitrogen and oxygen atoms in total. The molecule has 0 saturated carbocycles. The van der Waals surface area contributed by atoms with E-state index in [0.29, 0.717) is 24.0 Å². The van der Waals surface area contributed by atoms with Gasteiger partial charge in [0.05, 0.1) is 14.2 Å². The molecule has 0 atom stereocenters. The molecule has 0 aliphatic rings. The number of guanidine groups is 1. The molecule has 0 unspecified atom stereocenters. The van der Waals surface area contributed by atoms with Gasteiger partial charge in [-0.05, 0) is 35.9 Å². The average Bonchev–Trinajstić information content (AvgIpc) is 2.60. The Balaban J connectivity index is 2.06. The minimum absolute atomic E-state index is 0.280. The van der Waals surface area contributed by atoms with Gasteiger partial charge < -0.3 is 20.1 Å². The second-order valence-electron chi connectivity index (χ2n) is 4.86. The highest BCUT2D eigenvalue weighted by atomic mass is 79.9. The van der Waals surface area contributed by atoms with Crippen LogP contribution in [0.1, 0.15) is 5.56 Å². The van der Waals surface area contributed by atoms with Gasteiger partial charge in [-0.2, -0.15) is 0 Å². The Morgan fingerprint density at radius 3 is 2.54 bits per heavy atom. The molecule has 0 aliphatic heterocycles. The molecular weight excluding hydrogens is 377 g/mol. The van der Waals surface area contributed by atoms with Gasteiger partial charge in [-0.15, -0.1) is 0 Å². The third kappa shape index (κ3) is 4.61. The normalized spacial score (nSPS) is 11.1. The predicted molar refractivity (Wildman–Crippen MR) is 97.5 cm³/mol. The first kappa shape index (κ1) is 18.1. The zero-order valence-electron chi connectivity index (χ0n) is 13.7. The van der Waals surface area contributed by atoms with Gasteiger partial charge in [0.1, 0.15) is 5.82 Å². The van der Waals surface area contributed by atoms with Gasteiger partial charge in [-0.1, -0.05) is 15.9 Å². The number of benzene rings is 2. The highest BCUT2D eigenvalue weighted by Crippen LogP contribution is 2.29. The lowest BCUT2D eigenvalue weighted by Gasteiger charge is -2.14. The molecular formula is C17H19BrFN3O2. The first-order valence-corrected chi connectivity index (χ1v) is 8.00. The number of aliphatic imine (C=N–C) groups is 1. The van der Waals surface area contributed by atoms with E-state index in [2.05, 4.69) is 31.6 Å². The van der Waals surface area contributed by atoms with E-state index >= 15 is 0 Å². The Kier molecular flexibility index (Phi) is 6.43. The van der Waals surface area contributed by atoms with Crippen LogP contribution in [0.4, 0.5) is 10.1 Å². The lowest BCUT2D eigenvalue weighted by Crippen LogP contribution is -2.30. The third-order valence-corrected chi connectivity index (χ3v) is 4.10. The molecule has 0 bridgehead atoms. The van der Waals surface area contributed by atoms with Crippen LogP contribution in [0.5, 0.6) is 11.5 Å². The van der Waals surface area contributed by atoms with E-state index in [1.165, 1.54) is 12.1 Å². The molecule has 0 fully saturated rings. The number of halogens is 2. The summed E-state index contributed by atoms with van der Waals surface area (Å²) >= 11 is 3.41. The Hall–Kier alpha value is -2.28.